The fraction of sp³-hybridized carbons (Fsp3) is 0. The third-order valence-corrected chi connectivity index (χ3v) is 5.17. The van der Waals surface area contributed by atoms with Crippen LogP contribution in [0.2, 0.25) is 0 Å². The molecule has 0 aliphatic carbocycles. The largest absolute Gasteiger partial charge is 0.476 e. The quantitative estimate of drug-likeness (QED) is 0.646. The number of hydrogen-bond acceptors (Lipinski definition) is 6. The van der Waals surface area contributed by atoms with Gasteiger partial charge in [0.15, 0.2) is 5.69 Å². The normalized spacial score (nSPS) is 11.3. The van der Waals surface area contributed by atoms with Gasteiger partial charge >= 0.3 is 5.97 Å². The van der Waals surface area contributed by atoms with Crippen LogP contribution in [0.15, 0.2) is 46.9 Å². The Hall–Kier alpha value is -2.72. The average molecular weight is 350 g/mol. The third kappa shape index (κ3) is 3.07. The number of H-pyrrole nitrogens is 1. The molecule has 3 rings (SSSR count). The first-order chi connectivity index (χ1) is 11.0. The number of carboxylic acids is 1. The zero-order chi connectivity index (χ0) is 16.4. The van der Waals surface area contributed by atoms with Gasteiger partial charge in [0.25, 0.3) is 10.0 Å². The van der Waals surface area contributed by atoms with Crippen molar-refractivity contribution in [3.8, 4) is 11.3 Å². The van der Waals surface area contributed by atoms with E-state index in [-0.39, 0.29) is 15.6 Å². The summed E-state index contributed by atoms with van der Waals surface area (Å²) in [5.74, 6) is -1.30. The van der Waals surface area contributed by atoms with Crippen LogP contribution in [0.5, 0.6) is 0 Å². The maximum absolute atomic E-state index is 12.4. The van der Waals surface area contributed by atoms with Crippen molar-refractivity contribution >= 4 is 32.3 Å². The van der Waals surface area contributed by atoms with E-state index in [9.17, 15) is 13.2 Å². The fourth-order valence-corrected chi connectivity index (χ4v) is 3.93. The third-order valence-electron chi connectivity index (χ3n) is 2.95. The lowest BCUT2D eigenvalue weighted by Gasteiger charge is -2.08. The van der Waals surface area contributed by atoms with Gasteiger partial charge in [-0.15, -0.1) is 11.3 Å². The van der Waals surface area contributed by atoms with Crippen LogP contribution < -0.4 is 4.72 Å². The Kier molecular flexibility index (Phi) is 3.84. The summed E-state index contributed by atoms with van der Waals surface area (Å²) in [5.41, 5.74) is 2.25. The molecule has 23 heavy (non-hydrogen) atoms. The highest BCUT2D eigenvalue weighted by Gasteiger charge is 2.21. The number of rotatable bonds is 5. The average Bonchev–Trinajstić information content (AvgIpc) is 3.18. The lowest BCUT2D eigenvalue weighted by Crippen LogP contribution is -2.14. The van der Waals surface area contributed by atoms with Gasteiger partial charge in [-0.25, -0.2) is 18.2 Å². The lowest BCUT2D eigenvalue weighted by molar-refractivity contribution is 0.0692. The number of aromatic carboxylic acids is 1. The predicted octanol–water partition coefficient (Wildman–Crippen LogP) is 2.03. The van der Waals surface area contributed by atoms with E-state index in [1.54, 1.807) is 24.4 Å². The summed E-state index contributed by atoms with van der Waals surface area (Å²) in [6, 6.07) is 7.93. The van der Waals surface area contributed by atoms with Crippen molar-refractivity contribution in [3.05, 3.63) is 47.7 Å². The van der Waals surface area contributed by atoms with Gasteiger partial charge < -0.3 is 5.11 Å². The molecule has 0 aliphatic heterocycles. The number of hydrogen-bond donors (Lipinski definition) is 3. The molecule has 0 amide bonds. The van der Waals surface area contributed by atoms with E-state index in [1.807, 2.05) is 0 Å². The Morgan fingerprint density at radius 2 is 2.13 bits per heavy atom. The molecular formula is C13H10N4O4S2. The number of aromatic nitrogens is 3. The SMILES string of the molecule is O=C(O)c1ncsc1NS(=O)(=O)c1cccc(-c2ccn[nH]2)c1. The Bertz CT molecular complexity index is 948. The second kappa shape index (κ2) is 5.82. The van der Waals surface area contributed by atoms with E-state index in [0.717, 1.165) is 11.3 Å². The molecule has 0 atom stereocenters. The van der Waals surface area contributed by atoms with Crippen molar-refractivity contribution in [2.24, 2.45) is 0 Å². The molecule has 0 radical (unpaired) electrons. The molecule has 0 saturated heterocycles. The Morgan fingerprint density at radius 3 is 2.83 bits per heavy atom. The zero-order valence-electron chi connectivity index (χ0n) is 11.4. The molecule has 0 unspecified atom stereocenters. The van der Waals surface area contributed by atoms with Gasteiger partial charge in [0, 0.05) is 11.8 Å². The predicted molar refractivity (Wildman–Crippen MR) is 83.9 cm³/mol. The summed E-state index contributed by atoms with van der Waals surface area (Å²) in [4.78, 5) is 14.7. The number of nitrogens with zero attached hydrogens (tertiary/aromatic N) is 2. The highest BCUT2D eigenvalue weighted by Crippen LogP contribution is 2.26. The van der Waals surface area contributed by atoms with Gasteiger partial charge in [-0.05, 0) is 18.2 Å². The highest BCUT2D eigenvalue weighted by molar-refractivity contribution is 7.93. The van der Waals surface area contributed by atoms with Crippen LogP contribution in [0.4, 0.5) is 5.00 Å². The molecular weight excluding hydrogens is 340 g/mol. The first-order valence-corrected chi connectivity index (χ1v) is 8.63. The van der Waals surface area contributed by atoms with Crippen molar-refractivity contribution in [1.82, 2.24) is 15.2 Å². The smallest absolute Gasteiger partial charge is 0.357 e. The van der Waals surface area contributed by atoms with Gasteiger partial charge in [0.1, 0.15) is 5.00 Å². The number of carbonyl (C=O) groups is 1. The molecule has 8 nitrogen and oxygen atoms in total. The fourth-order valence-electron chi connectivity index (χ4n) is 1.90. The molecule has 2 aromatic heterocycles. The molecule has 0 aliphatic rings. The van der Waals surface area contributed by atoms with Gasteiger partial charge in [0.05, 0.1) is 16.1 Å². The summed E-state index contributed by atoms with van der Waals surface area (Å²) >= 11 is 0.903. The van der Waals surface area contributed by atoms with E-state index >= 15 is 0 Å². The van der Waals surface area contributed by atoms with E-state index in [0.29, 0.717) is 11.3 Å². The minimum absolute atomic E-state index is 0.00865. The molecule has 3 N–H and O–H groups in total. The first kappa shape index (κ1) is 15.2. The van der Waals surface area contributed by atoms with E-state index < -0.39 is 16.0 Å². The number of carboxylic acid groups (broad SMARTS) is 1. The number of sulfonamides is 1. The Balaban J connectivity index is 1.95. The van der Waals surface area contributed by atoms with Gasteiger partial charge in [-0.1, -0.05) is 12.1 Å². The van der Waals surface area contributed by atoms with Crippen LogP contribution in [0.3, 0.4) is 0 Å². The van der Waals surface area contributed by atoms with Crippen LogP contribution in [0.25, 0.3) is 11.3 Å². The number of benzene rings is 1. The number of nitrogens with one attached hydrogen (secondary N) is 2. The Labute approximate surface area is 134 Å². The summed E-state index contributed by atoms with van der Waals surface area (Å²) in [5, 5.41) is 15.5. The lowest BCUT2D eigenvalue weighted by atomic mass is 10.2. The maximum atomic E-state index is 12.4. The number of aromatic amines is 1. The summed E-state index contributed by atoms with van der Waals surface area (Å²) in [6.07, 6.45) is 1.56. The van der Waals surface area contributed by atoms with E-state index in [4.69, 9.17) is 5.11 Å². The molecule has 118 valence electrons. The van der Waals surface area contributed by atoms with E-state index in [2.05, 4.69) is 19.9 Å². The second-order valence-corrected chi connectivity index (χ2v) is 6.98. The summed E-state index contributed by atoms with van der Waals surface area (Å²) in [7, 11) is -3.93. The zero-order valence-corrected chi connectivity index (χ0v) is 13.1. The van der Waals surface area contributed by atoms with E-state index in [1.165, 1.54) is 17.6 Å². The molecule has 0 bridgehead atoms. The molecule has 3 aromatic rings. The molecule has 10 heteroatoms. The van der Waals surface area contributed by atoms with Crippen LogP contribution in [0.1, 0.15) is 10.5 Å². The monoisotopic (exact) mass is 350 g/mol. The van der Waals surface area contributed by atoms with Crippen LogP contribution in [0, 0.1) is 0 Å². The van der Waals surface area contributed by atoms with Crippen LogP contribution in [-0.4, -0.2) is 34.7 Å². The molecule has 0 saturated carbocycles. The number of anilines is 1. The molecule has 2 heterocycles. The molecule has 0 spiro atoms. The standard InChI is InChI=1S/C13H10N4O4S2/c18-13(19)11-12(22-7-14-11)17-23(20,21)9-3-1-2-8(6-9)10-4-5-15-16-10/h1-7,17H,(H,15,16)(H,18,19). The number of thiazole rings is 1. The molecule has 0 fully saturated rings. The van der Waals surface area contributed by atoms with Crippen molar-refractivity contribution in [2.45, 2.75) is 4.90 Å². The maximum Gasteiger partial charge on any atom is 0.357 e. The van der Waals surface area contributed by atoms with Crippen LogP contribution >= 0.6 is 11.3 Å². The minimum Gasteiger partial charge on any atom is -0.476 e. The van der Waals surface area contributed by atoms with Crippen LogP contribution in [-0.2, 0) is 10.0 Å². The van der Waals surface area contributed by atoms with Crippen molar-refractivity contribution < 1.29 is 18.3 Å². The van der Waals surface area contributed by atoms with Gasteiger partial charge in [0.2, 0.25) is 0 Å². The summed E-state index contributed by atoms with van der Waals surface area (Å²) < 4.78 is 27.1. The Morgan fingerprint density at radius 1 is 1.30 bits per heavy atom. The summed E-state index contributed by atoms with van der Waals surface area (Å²) in [6.45, 7) is 0. The van der Waals surface area contributed by atoms with Crippen molar-refractivity contribution in [2.75, 3.05) is 4.72 Å². The molecule has 1 aromatic carbocycles. The minimum atomic E-state index is -3.93. The van der Waals surface area contributed by atoms with Gasteiger partial charge in [-0.3, -0.25) is 9.82 Å². The van der Waals surface area contributed by atoms with Crippen molar-refractivity contribution in [1.29, 1.82) is 0 Å². The topological polar surface area (TPSA) is 125 Å². The highest BCUT2D eigenvalue weighted by atomic mass is 32.2. The second-order valence-electron chi connectivity index (χ2n) is 4.44. The van der Waals surface area contributed by atoms with Gasteiger partial charge in [-0.2, -0.15) is 5.10 Å². The van der Waals surface area contributed by atoms with Crippen molar-refractivity contribution in [3.63, 3.8) is 0 Å². The first-order valence-electron chi connectivity index (χ1n) is 6.27.